The van der Waals surface area contributed by atoms with E-state index in [1.165, 1.54) is 0 Å². The van der Waals surface area contributed by atoms with E-state index in [2.05, 4.69) is 4.72 Å². The molecule has 0 aliphatic carbocycles. The molecule has 0 fully saturated rings. The molecule has 0 amide bonds. The summed E-state index contributed by atoms with van der Waals surface area (Å²) >= 11 is 0. The van der Waals surface area contributed by atoms with Crippen LogP contribution >= 0.6 is 0 Å². The molecule has 1 atom stereocenters. The molecule has 0 heterocycles. The van der Waals surface area contributed by atoms with Crippen molar-refractivity contribution in [1.29, 1.82) is 0 Å². The van der Waals surface area contributed by atoms with Crippen molar-refractivity contribution in [1.82, 2.24) is 0 Å². The average Bonchev–Trinajstić information content (AvgIpc) is 2.17. The van der Waals surface area contributed by atoms with E-state index < -0.39 is 21.4 Å². The van der Waals surface area contributed by atoms with Gasteiger partial charge in [-0.15, -0.1) is 0 Å². The number of aliphatic hydroxyl groups excluding tert-OH is 1. The van der Waals surface area contributed by atoms with Gasteiger partial charge in [-0.3, -0.25) is 4.72 Å². The van der Waals surface area contributed by atoms with Gasteiger partial charge in [-0.25, -0.2) is 8.42 Å². The van der Waals surface area contributed by atoms with Crippen LogP contribution in [0.1, 0.15) is 32.4 Å². The molecule has 90 valence electrons. The fourth-order valence-corrected chi connectivity index (χ4v) is 1.84. The smallest absolute Gasteiger partial charge is 0.235 e. The second-order valence-corrected chi connectivity index (χ2v) is 6.23. The van der Waals surface area contributed by atoms with E-state index in [1.54, 1.807) is 45.0 Å². The first-order chi connectivity index (χ1) is 7.33. The predicted octanol–water partition coefficient (Wildman–Crippen LogP) is 1.89. The van der Waals surface area contributed by atoms with Crippen LogP contribution in [0, 0.1) is 0 Å². The Morgan fingerprint density at radius 2 is 1.88 bits per heavy atom. The molecular weight excluding hydrogens is 226 g/mol. The van der Waals surface area contributed by atoms with Crippen LogP contribution in [-0.4, -0.2) is 18.8 Å². The molecule has 0 aromatic heterocycles. The number of anilines is 1. The molecule has 4 nitrogen and oxygen atoms in total. The number of hydrogen-bond acceptors (Lipinski definition) is 3. The minimum atomic E-state index is -3.33. The van der Waals surface area contributed by atoms with E-state index in [0.29, 0.717) is 11.3 Å². The standard InChI is InChI=1S/C11H17NO3S/c1-8(2)16(14,15)12-11-6-4-5-10(7-11)9(3)13/h4-9,12-13H,1-3H3. The third kappa shape index (κ3) is 3.21. The summed E-state index contributed by atoms with van der Waals surface area (Å²) in [7, 11) is -3.33. The van der Waals surface area contributed by atoms with Gasteiger partial charge in [0.1, 0.15) is 0 Å². The van der Waals surface area contributed by atoms with E-state index >= 15 is 0 Å². The van der Waals surface area contributed by atoms with E-state index in [9.17, 15) is 13.5 Å². The highest BCUT2D eigenvalue weighted by atomic mass is 32.2. The van der Waals surface area contributed by atoms with Gasteiger partial charge in [0, 0.05) is 5.69 Å². The summed E-state index contributed by atoms with van der Waals surface area (Å²) in [6.45, 7) is 4.86. The molecule has 1 unspecified atom stereocenters. The maximum absolute atomic E-state index is 11.6. The Hall–Kier alpha value is -1.07. The lowest BCUT2D eigenvalue weighted by atomic mass is 10.1. The van der Waals surface area contributed by atoms with Crippen LogP contribution in [0.5, 0.6) is 0 Å². The predicted molar refractivity (Wildman–Crippen MR) is 64.8 cm³/mol. The largest absolute Gasteiger partial charge is 0.389 e. The molecule has 0 saturated heterocycles. The van der Waals surface area contributed by atoms with Crippen LogP contribution in [0.3, 0.4) is 0 Å². The minimum Gasteiger partial charge on any atom is -0.389 e. The average molecular weight is 243 g/mol. The molecule has 16 heavy (non-hydrogen) atoms. The van der Waals surface area contributed by atoms with Gasteiger partial charge < -0.3 is 5.11 Å². The molecule has 1 aromatic rings. The van der Waals surface area contributed by atoms with Crippen molar-refractivity contribution in [2.45, 2.75) is 32.1 Å². The summed E-state index contributed by atoms with van der Waals surface area (Å²) in [5, 5.41) is 8.89. The van der Waals surface area contributed by atoms with Gasteiger partial charge >= 0.3 is 0 Å². The van der Waals surface area contributed by atoms with Gasteiger partial charge in [-0.2, -0.15) is 0 Å². The highest BCUT2D eigenvalue weighted by Gasteiger charge is 2.15. The molecule has 0 spiro atoms. The molecule has 5 heteroatoms. The number of aliphatic hydroxyl groups is 1. The van der Waals surface area contributed by atoms with E-state index in [0.717, 1.165) is 0 Å². The highest BCUT2D eigenvalue weighted by Crippen LogP contribution is 2.18. The fourth-order valence-electron chi connectivity index (χ4n) is 1.14. The Bertz CT molecular complexity index is 452. The van der Waals surface area contributed by atoms with E-state index in [-0.39, 0.29) is 0 Å². The number of benzene rings is 1. The second kappa shape index (κ2) is 4.84. The first-order valence-electron chi connectivity index (χ1n) is 5.12. The van der Waals surface area contributed by atoms with Crippen LogP contribution in [0.15, 0.2) is 24.3 Å². The maximum Gasteiger partial charge on any atom is 0.235 e. The number of hydrogen-bond donors (Lipinski definition) is 2. The van der Waals surface area contributed by atoms with Crippen LogP contribution in [0.2, 0.25) is 0 Å². The third-order valence-corrected chi connectivity index (χ3v) is 4.01. The quantitative estimate of drug-likeness (QED) is 0.848. The molecule has 0 aliphatic heterocycles. The minimum absolute atomic E-state index is 0.479. The lowest BCUT2D eigenvalue weighted by Gasteiger charge is -2.12. The van der Waals surface area contributed by atoms with Gasteiger partial charge in [0.15, 0.2) is 0 Å². The van der Waals surface area contributed by atoms with Crippen molar-refractivity contribution >= 4 is 15.7 Å². The van der Waals surface area contributed by atoms with E-state index in [1.807, 2.05) is 0 Å². The number of nitrogens with one attached hydrogen (secondary N) is 1. The maximum atomic E-state index is 11.6. The van der Waals surface area contributed by atoms with Crippen molar-refractivity contribution < 1.29 is 13.5 Å². The zero-order valence-electron chi connectivity index (χ0n) is 9.64. The van der Waals surface area contributed by atoms with Gasteiger partial charge in [0.25, 0.3) is 0 Å². The first-order valence-corrected chi connectivity index (χ1v) is 6.67. The summed E-state index contributed by atoms with van der Waals surface area (Å²) in [5.41, 5.74) is 1.16. The van der Waals surface area contributed by atoms with Gasteiger partial charge in [0.05, 0.1) is 11.4 Å². The number of sulfonamides is 1. The Morgan fingerprint density at radius 3 is 2.38 bits per heavy atom. The lowest BCUT2D eigenvalue weighted by molar-refractivity contribution is 0.199. The Labute approximate surface area is 96.4 Å². The van der Waals surface area contributed by atoms with Crippen LogP contribution in [-0.2, 0) is 10.0 Å². The summed E-state index contributed by atoms with van der Waals surface area (Å²) < 4.78 is 25.7. The SMILES string of the molecule is CC(O)c1cccc(NS(=O)(=O)C(C)C)c1. The molecule has 1 rings (SSSR count). The molecule has 2 N–H and O–H groups in total. The first kappa shape index (κ1) is 13.0. The second-order valence-electron chi connectivity index (χ2n) is 4.00. The zero-order valence-corrected chi connectivity index (χ0v) is 10.5. The van der Waals surface area contributed by atoms with Crippen molar-refractivity contribution in [3.63, 3.8) is 0 Å². The van der Waals surface area contributed by atoms with Crippen LogP contribution < -0.4 is 4.72 Å². The molecule has 0 radical (unpaired) electrons. The van der Waals surface area contributed by atoms with Crippen molar-refractivity contribution in [2.24, 2.45) is 0 Å². The zero-order chi connectivity index (χ0) is 12.3. The summed E-state index contributed by atoms with van der Waals surface area (Å²) in [6, 6.07) is 6.74. The van der Waals surface area contributed by atoms with Gasteiger partial charge in [0.2, 0.25) is 10.0 Å². The van der Waals surface area contributed by atoms with Crippen molar-refractivity contribution in [3.8, 4) is 0 Å². The summed E-state index contributed by atoms with van der Waals surface area (Å²) in [4.78, 5) is 0. The summed E-state index contributed by atoms with van der Waals surface area (Å²) in [5.74, 6) is 0. The Kier molecular flexibility index (Phi) is 3.93. The molecular formula is C11H17NO3S. The molecule has 0 saturated carbocycles. The van der Waals surface area contributed by atoms with Gasteiger partial charge in [-0.1, -0.05) is 12.1 Å². The van der Waals surface area contributed by atoms with Crippen molar-refractivity contribution in [2.75, 3.05) is 4.72 Å². The van der Waals surface area contributed by atoms with Gasteiger partial charge in [-0.05, 0) is 38.5 Å². The van der Waals surface area contributed by atoms with Crippen LogP contribution in [0.4, 0.5) is 5.69 Å². The monoisotopic (exact) mass is 243 g/mol. The Balaban J connectivity index is 2.95. The van der Waals surface area contributed by atoms with Crippen LogP contribution in [0.25, 0.3) is 0 Å². The molecule has 1 aromatic carbocycles. The van der Waals surface area contributed by atoms with Crippen molar-refractivity contribution in [3.05, 3.63) is 29.8 Å². The normalized spacial score (nSPS) is 13.8. The number of rotatable bonds is 4. The lowest BCUT2D eigenvalue weighted by Crippen LogP contribution is -2.22. The molecule has 0 bridgehead atoms. The van der Waals surface area contributed by atoms with E-state index in [4.69, 9.17) is 0 Å². The summed E-state index contributed by atoms with van der Waals surface area (Å²) in [6.07, 6.45) is -0.608. The fraction of sp³-hybridized carbons (Fsp3) is 0.455. The topological polar surface area (TPSA) is 66.4 Å². The highest BCUT2D eigenvalue weighted by molar-refractivity contribution is 7.93. The third-order valence-electron chi connectivity index (χ3n) is 2.25. The molecule has 0 aliphatic rings. The Morgan fingerprint density at radius 1 is 1.25 bits per heavy atom.